The second-order valence-corrected chi connectivity index (χ2v) is 13.8. The SMILES string of the molecule is N#[N+]c1cc(Cl)ccc1Cl.[Cl][Fe-]([Cl])([Cl])[Cl]. The number of benzene rings is 1. The fourth-order valence-corrected chi connectivity index (χ4v) is 0.884. The van der Waals surface area contributed by atoms with Gasteiger partial charge in [0.15, 0.2) is 4.98 Å². The molecule has 0 fully saturated rings. The van der Waals surface area contributed by atoms with E-state index >= 15 is 0 Å². The zero-order valence-electron chi connectivity index (χ0n) is 6.75. The van der Waals surface area contributed by atoms with Crippen LogP contribution in [-0.2, 0) is 9.20 Å². The van der Waals surface area contributed by atoms with Crippen molar-refractivity contribution in [3.8, 4) is 0 Å². The molecule has 0 heterocycles. The van der Waals surface area contributed by atoms with E-state index in [-0.39, 0.29) is 5.69 Å². The van der Waals surface area contributed by atoms with E-state index in [1.165, 1.54) is 6.07 Å². The molecule has 9 heteroatoms. The van der Waals surface area contributed by atoms with Gasteiger partial charge in [-0.2, -0.15) is 0 Å². The van der Waals surface area contributed by atoms with E-state index in [0.29, 0.717) is 10.0 Å². The van der Waals surface area contributed by atoms with Crippen molar-refractivity contribution in [3.63, 3.8) is 0 Å². The maximum atomic E-state index is 8.32. The summed E-state index contributed by atoms with van der Waals surface area (Å²) in [4.78, 5) is 2.91. The molecule has 15 heavy (non-hydrogen) atoms. The summed E-state index contributed by atoms with van der Waals surface area (Å²) in [6.45, 7) is 0. The summed E-state index contributed by atoms with van der Waals surface area (Å²) in [7, 11) is 17.2. The summed E-state index contributed by atoms with van der Waals surface area (Å²) in [5.41, 5.74) is 0.286. The van der Waals surface area contributed by atoms with Crippen LogP contribution in [0.15, 0.2) is 18.2 Å². The molecule has 0 spiro atoms. The molecule has 0 aliphatic carbocycles. The third kappa shape index (κ3) is 9.81. The van der Waals surface area contributed by atoms with Gasteiger partial charge in [0, 0.05) is 5.02 Å². The number of rotatable bonds is 0. The zero-order valence-corrected chi connectivity index (χ0v) is 12.4. The maximum absolute atomic E-state index is 8.32. The van der Waals surface area contributed by atoms with Crippen LogP contribution in [0.4, 0.5) is 5.69 Å². The molecule has 0 aromatic heterocycles. The molecule has 0 N–H and O–H groups in total. The van der Waals surface area contributed by atoms with Crippen molar-refractivity contribution in [2.75, 3.05) is 0 Å². The van der Waals surface area contributed by atoms with Crippen molar-refractivity contribution < 1.29 is 9.20 Å². The number of hydrogen-bond acceptors (Lipinski definition) is 1. The molecule has 0 aliphatic rings. The summed E-state index contributed by atoms with van der Waals surface area (Å²) in [5.74, 6) is 0. The normalized spacial score (nSPS) is 11.0. The Morgan fingerprint density at radius 2 is 1.53 bits per heavy atom. The Bertz CT molecular complexity index is 365. The summed E-state index contributed by atoms with van der Waals surface area (Å²) in [6, 6.07) is 4.67. The van der Waals surface area contributed by atoms with Crippen molar-refractivity contribution in [2.45, 2.75) is 0 Å². The first kappa shape index (κ1) is 15.9. The van der Waals surface area contributed by atoms with Gasteiger partial charge >= 0.3 is 55.3 Å². The van der Waals surface area contributed by atoms with E-state index < -0.39 is 9.20 Å². The van der Waals surface area contributed by atoms with Gasteiger partial charge < -0.3 is 0 Å². The minimum absolute atomic E-state index is 0.286. The third-order valence-corrected chi connectivity index (χ3v) is 1.57. The number of halogens is 6. The summed E-state index contributed by atoms with van der Waals surface area (Å²) in [5, 5.41) is 9.20. The van der Waals surface area contributed by atoms with E-state index in [2.05, 4.69) is 4.98 Å². The van der Waals surface area contributed by atoms with E-state index in [0.717, 1.165) is 0 Å². The van der Waals surface area contributed by atoms with Gasteiger partial charge in [0.2, 0.25) is 5.39 Å². The van der Waals surface area contributed by atoms with Crippen molar-refractivity contribution in [1.82, 2.24) is 0 Å². The minimum atomic E-state index is -2.61. The second kappa shape index (κ2) is 7.27. The molecule has 0 radical (unpaired) electrons. The first-order chi connectivity index (χ1) is 6.74. The summed E-state index contributed by atoms with van der Waals surface area (Å²) in [6.07, 6.45) is 0. The van der Waals surface area contributed by atoms with Crippen LogP contribution in [0.3, 0.4) is 0 Å². The van der Waals surface area contributed by atoms with Crippen LogP contribution < -0.4 is 0 Å². The zero-order chi connectivity index (χ0) is 12.1. The van der Waals surface area contributed by atoms with Gasteiger partial charge in [-0.15, -0.1) is 0 Å². The molecule has 0 aliphatic heterocycles. The van der Waals surface area contributed by atoms with Gasteiger partial charge in [-0.1, -0.05) is 23.2 Å². The van der Waals surface area contributed by atoms with E-state index in [1.54, 1.807) is 12.1 Å². The van der Waals surface area contributed by atoms with Crippen molar-refractivity contribution in [3.05, 3.63) is 33.2 Å². The van der Waals surface area contributed by atoms with Crippen LogP contribution in [0.5, 0.6) is 0 Å². The monoisotopic (exact) mass is 369 g/mol. The third-order valence-electron chi connectivity index (χ3n) is 1.02. The number of hydrogen-bond donors (Lipinski definition) is 0. The summed E-state index contributed by atoms with van der Waals surface area (Å²) >= 11 is 11.1. The average molecular weight is 372 g/mol. The Morgan fingerprint density at radius 1 is 1.07 bits per heavy atom. The van der Waals surface area contributed by atoms with E-state index in [9.17, 15) is 0 Å². The molecule has 0 bridgehead atoms. The molecule has 2 nitrogen and oxygen atoms in total. The number of diazo groups is 1. The van der Waals surface area contributed by atoms with Crippen LogP contribution in [0.1, 0.15) is 0 Å². The molecule has 1 aromatic carbocycles. The quantitative estimate of drug-likeness (QED) is 0.392. The molecule has 0 amide bonds. The van der Waals surface area contributed by atoms with Gasteiger partial charge in [0.1, 0.15) is 5.02 Å². The molecule has 1 rings (SSSR count). The number of nitrogens with zero attached hydrogens (tertiary/aromatic N) is 2. The van der Waals surface area contributed by atoms with E-state index in [4.69, 9.17) is 69.0 Å². The molecule has 0 unspecified atom stereocenters. The Balaban J connectivity index is 0.000000336. The molecule has 0 atom stereocenters. The van der Waals surface area contributed by atoms with Gasteiger partial charge in [-0.05, 0) is 12.1 Å². The molecule has 0 saturated carbocycles. The van der Waals surface area contributed by atoms with Crippen molar-refractivity contribution in [1.29, 1.82) is 5.39 Å². The first-order valence-electron chi connectivity index (χ1n) is 3.07. The van der Waals surface area contributed by atoms with Gasteiger partial charge in [0.05, 0.1) is 6.07 Å². The van der Waals surface area contributed by atoms with Crippen LogP contribution >= 0.6 is 63.6 Å². The average Bonchev–Trinajstić information content (AvgIpc) is 2.06. The first-order valence-corrected chi connectivity index (χ1v) is 9.91. The topological polar surface area (TPSA) is 28.1 Å². The van der Waals surface area contributed by atoms with Crippen LogP contribution in [0.2, 0.25) is 10.0 Å². The fourth-order valence-electron chi connectivity index (χ4n) is 0.562. The fraction of sp³-hybridized carbons (Fsp3) is 0. The molecule has 0 saturated heterocycles. The van der Waals surface area contributed by atoms with Crippen molar-refractivity contribution >= 4 is 69.3 Å². The van der Waals surface area contributed by atoms with Crippen LogP contribution in [0.25, 0.3) is 4.98 Å². The molecule has 1 aromatic rings. The second-order valence-electron chi connectivity index (χ2n) is 2.00. The Kier molecular flexibility index (Phi) is 7.71. The Labute approximate surface area is 116 Å². The Morgan fingerprint density at radius 3 is 1.87 bits per heavy atom. The Hall–Kier alpha value is 0.899. The standard InChI is InChI=1S/C6H3Cl2N2.4ClH.Fe/c7-4-1-2-5(8)6(3-4)10-9;;;;;/h1-3H;4*1H;/q+1;;;;;+3/p-4. The predicted molar refractivity (Wildman–Crippen MR) is 64.6 cm³/mol. The molecular weight excluding hydrogens is 369 g/mol. The van der Waals surface area contributed by atoms with Gasteiger partial charge in [-0.25, -0.2) is 0 Å². The summed E-state index contributed by atoms with van der Waals surface area (Å²) < 4.78 is 0. The van der Waals surface area contributed by atoms with Crippen molar-refractivity contribution in [2.24, 2.45) is 0 Å². The van der Waals surface area contributed by atoms with Gasteiger partial charge in [0.25, 0.3) is 0 Å². The van der Waals surface area contributed by atoms with Gasteiger partial charge in [-0.3, -0.25) is 0 Å². The molecule has 87 valence electrons. The molecular formula is C6H3Cl6FeN2. The predicted octanol–water partition coefficient (Wildman–Crippen LogP) is 6.23. The van der Waals surface area contributed by atoms with Crippen LogP contribution in [-0.4, -0.2) is 0 Å². The van der Waals surface area contributed by atoms with Crippen LogP contribution in [0, 0.1) is 5.39 Å². The van der Waals surface area contributed by atoms with E-state index in [1.807, 2.05) is 0 Å².